The van der Waals surface area contributed by atoms with E-state index in [1.165, 1.54) is 30.6 Å². The second-order valence-electron chi connectivity index (χ2n) is 5.69. The highest BCUT2D eigenvalue weighted by atomic mass is 32.2. The minimum Gasteiger partial charge on any atom is -0.322 e. The fraction of sp³-hybridized carbons (Fsp3) is 0.263. The van der Waals surface area contributed by atoms with Gasteiger partial charge in [0.1, 0.15) is 0 Å². The number of carbonyl (C=O) groups excluding carboxylic acids is 1. The molecule has 1 aliphatic rings. The molecule has 1 aliphatic carbocycles. The monoisotopic (exact) mass is 322 g/mol. The number of anilines is 1. The van der Waals surface area contributed by atoms with E-state index in [-0.39, 0.29) is 5.91 Å². The molecule has 0 unspecified atom stereocenters. The highest BCUT2D eigenvalue weighted by molar-refractivity contribution is 8.00. The molecule has 116 valence electrons. The minimum absolute atomic E-state index is 0.161. The number of carbonyl (C=O) groups is 1. The van der Waals surface area contributed by atoms with Gasteiger partial charge in [0, 0.05) is 21.4 Å². The minimum atomic E-state index is -0.161. The lowest BCUT2D eigenvalue weighted by Crippen LogP contribution is -2.11. The van der Waals surface area contributed by atoms with Crippen molar-refractivity contribution >= 4 is 23.4 Å². The molecule has 0 spiro atoms. The zero-order valence-corrected chi connectivity index (χ0v) is 13.6. The largest absolute Gasteiger partial charge is 0.322 e. The summed E-state index contributed by atoms with van der Waals surface area (Å²) in [7, 11) is 0. The topological polar surface area (TPSA) is 52.9 Å². The smallest absolute Gasteiger partial charge is 0.255 e. The maximum absolute atomic E-state index is 12.2. The maximum atomic E-state index is 12.2. The maximum Gasteiger partial charge on any atom is 0.255 e. The Labute approximate surface area is 140 Å². The molecule has 1 saturated carbocycles. The predicted molar refractivity (Wildman–Crippen MR) is 93.7 cm³/mol. The standard InChI is InChI=1S/C19H18N2OS/c20-13-14-5-7-15(8-6-14)19(22)21-16-9-11-18(12-10-16)23-17-3-1-2-4-17/h5-12,17H,1-4H2,(H,21,22). The summed E-state index contributed by atoms with van der Waals surface area (Å²) in [5.41, 5.74) is 1.89. The Bertz CT molecular complexity index is 711. The molecule has 0 heterocycles. The number of hydrogen-bond donors (Lipinski definition) is 1. The second kappa shape index (κ2) is 7.34. The molecule has 0 aliphatic heterocycles. The summed E-state index contributed by atoms with van der Waals surface area (Å²) < 4.78 is 0. The van der Waals surface area contributed by atoms with Crippen LogP contribution in [0.25, 0.3) is 0 Å². The van der Waals surface area contributed by atoms with Gasteiger partial charge in [0.05, 0.1) is 11.6 Å². The third-order valence-electron chi connectivity index (χ3n) is 3.99. The van der Waals surface area contributed by atoms with Gasteiger partial charge in [-0.25, -0.2) is 0 Å². The van der Waals surface area contributed by atoms with Crippen LogP contribution >= 0.6 is 11.8 Å². The van der Waals surface area contributed by atoms with E-state index >= 15 is 0 Å². The van der Waals surface area contributed by atoms with Crippen LogP contribution in [-0.4, -0.2) is 11.2 Å². The van der Waals surface area contributed by atoms with E-state index in [2.05, 4.69) is 17.4 Å². The summed E-state index contributed by atoms with van der Waals surface area (Å²) in [4.78, 5) is 13.4. The van der Waals surface area contributed by atoms with Crippen LogP contribution in [0.4, 0.5) is 5.69 Å². The number of benzene rings is 2. The summed E-state index contributed by atoms with van der Waals surface area (Å²) in [5.74, 6) is -0.161. The van der Waals surface area contributed by atoms with E-state index in [1.54, 1.807) is 24.3 Å². The van der Waals surface area contributed by atoms with Crippen LogP contribution in [0.1, 0.15) is 41.6 Å². The molecule has 1 amide bonds. The third kappa shape index (κ3) is 4.14. The van der Waals surface area contributed by atoms with E-state index in [9.17, 15) is 4.79 Å². The first kappa shape index (κ1) is 15.6. The molecule has 4 heteroatoms. The van der Waals surface area contributed by atoms with Gasteiger partial charge in [-0.3, -0.25) is 4.79 Å². The number of rotatable bonds is 4. The van der Waals surface area contributed by atoms with E-state index in [0.29, 0.717) is 11.1 Å². The highest BCUT2D eigenvalue weighted by Crippen LogP contribution is 2.34. The normalized spacial score (nSPS) is 14.4. The number of hydrogen-bond acceptors (Lipinski definition) is 3. The van der Waals surface area contributed by atoms with E-state index in [4.69, 9.17) is 5.26 Å². The van der Waals surface area contributed by atoms with Gasteiger partial charge in [-0.1, -0.05) is 12.8 Å². The van der Waals surface area contributed by atoms with Crippen LogP contribution in [0.3, 0.4) is 0 Å². The molecule has 1 fully saturated rings. The lowest BCUT2D eigenvalue weighted by Gasteiger charge is -2.10. The Morgan fingerprint density at radius 2 is 1.70 bits per heavy atom. The fourth-order valence-electron chi connectivity index (χ4n) is 2.71. The number of nitrogens with zero attached hydrogens (tertiary/aromatic N) is 1. The molecule has 0 atom stereocenters. The van der Waals surface area contributed by atoms with E-state index in [0.717, 1.165) is 10.9 Å². The van der Waals surface area contributed by atoms with Crippen molar-refractivity contribution in [1.29, 1.82) is 5.26 Å². The van der Waals surface area contributed by atoms with Crippen molar-refractivity contribution in [1.82, 2.24) is 0 Å². The molecular weight excluding hydrogens is 304 g/mol. The number of amides is 1. The zero-order valence-electron chi connectivity index (χ0n) is 12.8. The Hall–Kier alpha value is -2.25. The lowest BCUT2D eigenvalue weighted by atomic mass is 10.1. The van der Waals surface area contributed by atoms with Gasteiger partial charge in [-0.15, -0.1) is 11.8 Å². The van der Waals surface area contributed by atoms with Gasteiger partial charge >= 0.3 is 0 Å². The zero-order chi connectivity index (χ0) is 16.1. The molecule has 2 aromatic rings. The molecular formula is C19H18N2OS. The van der Waals surface area contributed by atoms with Crippen molar-refractivity contribution < 1.29 is 4.79 Å². The van der Waals surface area contributed by atoms with Gasteiger partial charge in [0.25, 0.3) is 5.91 Å². The van der Waals surface area contributed by atoms with Crippen molar-refractivity contribution in [3.8, 4) is 6.07 Å². The van der Waals surface area contributed by atoms with Gasteiger partial charge in [-0.2, -0.15) is 5.26 Å². The summed E-state index contributed by atoms with van der Waals surface area (Å²) >= 11 is 1.94. The summed E-state index contributed by atoms with van der Waals surface area (Å²) in [6.45, 7) is 0. The molecule has 0 saturated heterocycles. The molecule has 0 bridgehead atoms. The van der Waals surface area contributed by atoms with Crippen molar-refractivity contribution in [3.63, 3.8) is 0 Å². The van der Waals surface area contributed by atoms with Crippen LogP contribution in [0.15, 0.2) is 53.4 Å². The molecule has 3 rings (SSSR count). The van der Waals surface area contributed by atoms with Gasteiger partial charge in [-0.05, 0) is 61.4 Å². The second-order valence-corrected chi connectivity index (χ2v) is 7.07. The van der Waals surface area contributed by atoms with Crippen LogP contribution in [0.5, 0.6) is 0 Å². The molecule has 2 aromatic carbocycles. The van der Waals surface area contributed by atoms with Gasteiger partial charge in [0.2, 0.25) is 0 Å². The summed E-state index contributed by atoms with van der Waals surface area (Å²) in [6.07, 6.45) is 5.30. The molecule has 23 heavy (non-hydrogen) atoms. The van der Waals surface area contributed by atoms with Crippen LogP contribution in [0.2, 0.25) is 0 Å². The number of nitriles is 1. The molecule has 1 N–H and O–H groups in total. The van der Waals surface area contributed by atoms with Crippen LogP contribution < -0.4 is 5.32 Å². The Kier molecular flexibility index (Phi) is 4.99. The Balaban J connectivity index is 1.60. The van der Waals surface area contributed by atoms with Crippen molar-refractivity contribution in [3.05, 3.63) is 59.7 Å². The van der Waals surface area contributed by atoms with Crippen molar-refractivity contribution in [2.24, 2.45) is 0 Å². The van der Waals surface area contributed by atoms with E-state index in [1.807, 2.05) is 30.0 Å². The molecule has 3 nitrogen and oxygen atoms in total. The quantitative estimate of drug-likeness (QED) is 0.876. The van der Waals surface area contributed by atoms with Crippen molar-refractivity contribution in [2.75, 3.05) is 5.32 Å². The first-order chi connectivity index (χ1) is 11.2. The first-order valence-corrected chi connectivity index (χ1v) is 8.71. The van der Waals surface area contributed by atoms with Crippen LogP contribution in [-0.2, 0) is 0 Å². The molecule has 0 aromatic heterocycles. The fourth-order valence-corrected chi connectivity index (χ4v) is 3.96. The van der Waals surface area contributed by atoms with Gasteiger partial charge < -0.3 is 5.32 Å². The van der Waals surface area contributed by atoms with Crippen molar-refractivity contribution in [2.45, 2.75) is 35.8 Å². The van der Waals surface area contributed by atoms with E-state index < -0.39 is 0 Å². The Morgan fingerprint density at radius 3 is 2.30 bits per heavy atom. The third-order valence-corrected chi connectivity index (χ3v) is 5.34. The number of nitrogens with one attached hydrogen (secondary N) is 1. The Morgan fingerprint density at radius 1 is 1.04 bits per heavy atom. The summed E-state index contributed by atoms with van der Waals surface area (Å²) in [6, 6.07) is 16.7. The highest BCUT2D eigenvalue weighted by Gasteiger charge is 2.16. The average Bonchev–Trinajstić information content (AvgIpc) is 3.10. The number of thioether (sulfide) groups is 1. The first-order valence-electron chi connectivity index (χ1n) is 7.83. The average molecular weight is 322 g/mol. The lowest BCUT2D eigenvalue weighted by molar-refractivity contribution is 0.102. The predicted octanol–water partition coefficient (Wildman–Crippen LogP) is 4.85. The SMILES string of the molecule is N#Cc1ccc(C(=O)Nc2ccc(SC3CCCC3)cc2)cc1. The summed E-state index contributed by atoms with van der Waals surface area (Å²) in [5, 5.41) is 12.4. The van der Waals surface area contributed by atoms with Crippen LogP contribution in [0, 0.1) is 11.3 Å². The van der Waals surface area contributed by atoms with Gasteiger partial charge in [0.15, 0.2) is 0 Å². The molecule has 0 radical (unpaired) electrons.